The second-order valence-electron chi connectivity index (χ2n) is 6.51. The molecule has 0 atom stereocenters. The maximum Gasteiger partial charge on any atom is 0.262 e. The molecule has 1 aliphatic carbocycles. The first kappa shape index (κ1) is 17.1. The first-order chi connectivity index (χ1) is 12.8. The Balaban J connectivity index is 1.52. The highest BCUT2D eigenvalue weighted by Crippen LogP contribution is 2.32. The molecule has 0 unspecified atom stereocenters. The Hall–Kier alpha value is -2.34. The molecule has 2 heterocycles. The van der Waals surface area contributed by atoms with E-state index < -0.39 is 0 Å². The maximum absolute atomic E-state index is 13.0. The van der Waals surface area contributed by atoms with Crippen LogP contribution in [0.1, 0.15) is 29.7 Å². The van der Waals surface area contributed by atoms with E-state index in [1.54, 1.807) is 29.3 Å². The lowest BCUT2D eigenvalue weighted by Crippen LogP contribution is -2.23. The fraction of sp³-hybridized carbons (Fsp3) is 0.400. The van der Waals surface area contributed by atoms with Crippen molar-refractivity contribution in [2.24, 2.45) is 0 Å². The Labute approximate surface area is 156 Å². The molecule has 1 aromatic carbocycles. The van der Waals surface area contributed by atoms with Crippen molar-refractivity contribution >= 4 is 21.6 Å². The fourth-order valence-electron chi connectivity index (χ4n) is 3.45. The predicted octanol–water partition coefficient (Wildman–Crippen LogP) is 3.81. The molecule has 0 N–H and O–H groups in total. The summed E-state index contributed by atoms with van der Waals surface area (Å²) in [6.45, 7) is 0.907. The van der Waals surface area contributed by atoms with Crippen molar-refractivity contribution in [1.29, 1.82) is 0 Å². The molecule has 0 amide bonds. The van der Waals surface area contributed by atoms with E-state index in [0.29, 0.717) is 13.2 Å². The lowest BCUT2D eigenvalue weighted by atomic mass is 10.1. The van der Waals surface area contributed by atoms with Crippen LogP contribution in [0.2, 0.25) is 0 Å². The minimum absolute atomic E-state index is 0.0627. The molecule has 3 aromatic rings. The van der Waals surface area contributed by atoms with Gasteiger partial charge in [0.15, 0.2) is 0 Å². The van der Waals surface area contributed by atoms with Crippen LogP contribution in [0.4, 0.5) is 0 Å². The zero-order valence-electron chi connectivity index (χ0n) is 14.9. The molecular weight excluding hydrogens is 348 g/mol. The van der Waals surface area contributed by atoms with Crippen LogP contribution in [0.5, 0.6) is 11.5 Å². The highest BCUT2D eigenvalue weighted by Gasteiger charge is 2.19. The van der Waals surface area contributed by atoms with E-state index in [0.717, 1.165) is 41.0 Å². The van der Waals surface area contributed by atoms with E-state index in [4.69, 9.17) is 9.47 Å². The lowest BCUT2D eigenvalue weighted by Gasteiger charge is -2.09. The van der Waals surface area contributed by atoms with Crippen molar-refractivity contribution in [3.63, 3.8) is 0 Å². The monoisotopic (exact) mass is 370 g/mol. The van der Waals surface area contributed by atoms with E-state index in [1.807, 2.05) is 24.3 Å². The van der Waals surface area contributed by atoms with Gasteiger partial charge < -0.3 is 9.47 Å². The third-order valence-corrected chi connectivity index (χ3v) is 6.05. The Morgan fingerprint density at radius 2 is 1.88 bits per heavy atom. The molecule has 6 heteroatoms. The van der Waals surface area contributed by atoms with Crippen LogP contribution in [-0.2, 0) is 19.4 Å². The highest BCUT2D eigenvalue weighted by molar-refractivity contribution is 7.18. The first-order valence-corrected chi connectivity index (χ1v) is 9.84. The average Bonchev–Trinajstić information content (AvgIpc) is 2.86. The number of methoxy groups -OCH3 is 1. The van der Waals surface area contributed by atoms with Crippen LogP contribution in [0, 0.1) is 0 Å². The number of nitrogens with zero attached hydrogens (tertiary/aromatic N) is 2. The van der Waals surface area contributed by atoms with Crippen molar-refractivity contribution in [3.8, 4) is 11.5 Å². The van der Waals surface area contributed by atoms with Gasteiger partial charge in [-0.15, -0.1) is 11.3 Å². The van der Waals surface area contributed by atoms with Gasteiger partial charge in [-0.05, 0) is 55.5 Å². The van der Waals surface area contributed by atoms with Crippen molar-refractivity contribution in [2.75, 3.05) is 13.7 Å². The number of ether oxygens (including phenoxy) is 2. The van der Waals surface area contributed by atoms with Gasteiger partial charge in [0.2, 0.25) is 0 Å². The Bertz CT molecular complexity index is 960. The minimum Gasteiger partial charge on any atom is -0.497 e. The highest BCUT2D eigenvalue weighted by atomic mass is 32.1. The van der Waals surface area contributed by atoms with Crippen LogP contribution in [0.15, 0.2) is 35.4 Å². The summed E-state index contributed by atoms with van der Waals surface area (Å²) in [5.74, 6) is 1.55. The van der Waals surface area contributed by atoms with E-state index in [-0.39, 0.29) is 5.56 Å². The normalized spacial score (nSPS) is 14.0. The Kier molecular flexibility index (Phi) is 4.93. The molecule has 0 aliphatic heterocycles. The molecule has 2 aromatic heterocycles. The van der Waals surface area contributed by atoms with Gasteiger partial charge in [0.05, 0.1) is 25.4 Å². The van der Waals surface area contributed by atoms with Crippen molar-refractivity contribution in [1.82, 2.24) is 9.55 Å². The second kappa shape index (κ2) is 7.50. The predicted molar refractivity (Wildman–Crippen MR) is 104 cm³/mol. The number of hydrogen-bond acceptors (Lipinski definition) is 5. The number of thiophene rings is 1. The van der Waals surface area contributed by atoms with Gasteiger partial charge in [-0.3, -0.25) is 9.36 Å². The molecule has 0 bridgehead atoms. The summed E-state index contributed by atoms with van der Waals surface area (Å²) < 4.78 is 12.6. The Morgan fingerprint density at radius 1 is 1.12 bits per heavy atom. The zero-order chi connectivity index (χ0) is 17.9. The topological polar surface area (TPSA) is 53.4 Å². The molecule has 0 radical (unpaired) electrons. The molecule has 26 heavy (non-hydrogen) atoms. The van der Waals surface area contributed by atoms with Crippen molar-refractivity contribution < 1.29 is 9.47 Å². The first-order valence-electron chi connectivity index (χ1n) is 9.03. The fourth-order valence-corrected chi connectivity index (χ4v) is 4.67. The van der Waals surface area contributed by atoms with Gasteiger partial charge in [-0.2, -0.15) is 0 Å². The Morgan fingerprint density at radius 3 is 2.69 bits per heavy atom. The number of benzene rings is 1. The third kappa shape index (κ3) is 3.33. The van der Waals surface area contributed by atoms with Gasteiger partial charge in [-0.25, -0.2) is 4.98 Å². The summed E-state index contributed by atoms with van der Waals surface area (Å²) >= 11 is 1.69. The average molecular weight is 370 g/mol. The van der Waals surface area contributed by atoms with Crippen molar-refractivity contribution in [3.05, 3.63) is 51.4 Å². The summed E-state index contributed by atoms with van der Waals surface area (Å²) in [5.41, 5.74) is 1.30. The van der Waals surface area contributed by atoms with Gasteiger partial charge in [0.1, 0.15) is 22.9 Å². The van der Waals surface area contributed by atoms with E-state index in [2.05, 4.69) is 4.98 Å². The zero-order valence-corrected chi connectivity index (χ0v) is 15.7. The number of rotatable bonds is 5. The number of aromatic nitrogens is 2. The lowest BCUT2D eigenvalue weighted by molar-refractivity contribution is 0.295. The standard InChI is InChI=1S/C20H22N2O3S/c1-24-14-7-9-15(10-8-14)25-12-11-22-13-21-19-18(20(22)23)16-5-3-2-4-6-17(16)26-19/h7-10,13H,2-6,11-12H2,1H3. The van der Waals surface area contributed by atoms with Gasteiger partial charge in [0, 0.05) is 4.88 Å². The third-order valence-electron chi connectivity index (χ3n) is 4.85. The molecular formula is C20H22N2O3S. The van der Waals surface area contributed by atoms with Crippen molar-refractivity contribution in [2.45, 2.75) is 38.6 Å². The molecule has 1 aliphatic rings. The summed E-state index contributed by atoms with van der Waals surface area (Å²) in [6.07, 6.45) is 7.34. The van der Waals surface area contributed by atoms with Crippen LogP contribution in [0.25, 0.3) is 10.2 Å². The van der Waals surface area contributed by atoms with E-state index >= 15 is 0 Å². The summed E-state index contributed by atoms with van der Waals surface area (Å²) in [4.78, 5) is 19.7. The van der Waals surface area contributed by atoms with Crippen LogP contribution >= 0.6 is 11.3 Å². The maximum atomic E-state index is 13.0. The van der Waals surface area contributed by atoms with Crippen LogP contribution in [0.3, 0.4) is 0 Å². The molecule has 4 rings (SSSR count). The quantitative estimate of drug-likeness (QED) is 0.641. The summed E-state index contributed by atoms with van der Waals surface area (Å²) in [5, 5.41) is 0.832. The molecule has 0 saturated carbocycles. The molecule has 0 saturated heterocycles. The van der Waals surface area contributed by atoms with Gasteiger partial charge in [-0.1, -0.05) is 6.42 Å². The minimum atomic E-state index is 0.0627. The van der Waals surface area contributed by atoms with E-state index in [9.17, 15) is 4.79 Å². The number of hydrogen-bond donors (Lipinski definition) is 0. The number of fused-ring (bicyclic) bond motifs is 3. The van der Waals surface area contributed by atoms with E-state index in [1.165, 1.54) is 23.3 Å². The van der Waals surface area contributed by atoms with Crippen LogP contribution in [-0.4, -0.2) is 23.3 Å². The molecule has 0 fully saturated rings. The number of aryl methyl sites for hydroxylation is 2. The van der Waals surface area contributed by atoms with Gasteiger partial charge in [0.25, 0.3) is 5.56 Å². The SMILES string of the molecule is COc1ccc(OCCn2cnc3sc4c(c3c2=O)CCCCC4)cc1. The van der Waals surface area contributed by atoms with Gasteiger partial charge >= 0.3 is 0 Å². The van der Waals surface area contributed by atoms with Crippen LogP contribution < -0.4 is 15.0 Å². The molecule has 136 valence electrons. The molecule has 0 spiro atoms. The molecule has 5 nitrogen and oxygen atoms in total. The smallest absolute Gasteiger partial charge is 0.262 e. The summed E-state index contributed by atoms with van der Waals surface area (Å²) in [6, 6.07) is 7.44. The summed E-state index contributed by atoms with van der Waals surface area (Å²) in [7, 11) is 1.64. The second-order valence-corrected chi connectivity index (χ2v) is 7.60. The largest absolute Gasteiger partial charge is 0.497 e.